The number of unbranched alkanes of at least 4 members (excludes halogenated alkanes) is 14. The molecule has 5 aromatic carbocycles. The van der Waals surface area contributed by atoms with Crippen molar-refractivity contribution in [3.05, 3.63) is 100 Å². The van der Waals surface area contributed by atoms with Gasteiger partial charge in [-0.15, -0.1) is 5.73 Å². The van der Waals surface area contributed by atoms with E-state index >= 15 is 0 Å². The summed E-state index contributed by atoms with van der Waals surface area (Å²) in [5.74, 6) is -0.934. The predicted octanol–water partition coefficient (Wildman–Crippen LogP) is 13.4. The van der Waals surface area contributed by atoms with Crippen molar-refractivity contribution in [3.63, 3.8) is 0 Å². The van der Waals surface area contributed by atoms with E-state index in [0.29, 0.717) is 34.1 Å². The summed E-state index contributed by atoms with van der Waals surface area (Å²) in [4.78, 5) is 60.2. The number of imide groups is 2. The lowest BCUT2D eigenvalue weighted by Gasteiger charge is -2.35. The number of hydrogen-bond acceptors (Lipinski definition) is 4. The van der Waals surface area contributed by atoms with Crippen LogP contribution < -0.4 is 0 Å². The molecular formula is C52H58N2O4. The average molecular weight is 775 g/mol. The largest absolute Gasteiger partial charge is 0.274 e. The molecule has 1 aliphatic carbocycles. The highest BCUT2D eigenvalue weighted by Crippen LogP contribution is 2.46. The van der Waals surface area contributed by atoms with E-state index in [1.165, 1.54) is 81.9 Å². The Kier molecular flexibility index (Phi) is 12.2. The van der Waals surface area contributed by atoms with Crippen molar-refractivity contribution < 1.29 is 19.2 Å². The molecule has 0 spiro atoms. The van der Waals surface area contributed by atoms with Gasteiger partial charge in [0.15, 0.2) is 0 Å². The van der Waals surface area contributed by atoms with Gasteiger partial charge in [-0.05, 0) is 87.5 Å². The Balaban J connectivity index is 1.10. The highest BCUT2D eigenvalue weighted by atomic mass is 16.2. The van der Waals surface area contributed by atoms with Gasteiger partial charge in [-0.1, -0.05) is 153 Å². The molecule has 0 fully saturated rings. The van der Waals surface area contributed by atoms with E-state index in [2.05, 4.69) is 19.6 Å². The van der Waals surface area contributed by atoms with Gasteiger partial charge in [-0.2, -0.15) is 0 Å². The van der Waals surface area contributed by atoms with Gasteiger partial charge in [-0.3, -0.25) is 29.0 Å². The molecule has 5 aromatic rings. The number of allylic oxidation sites excluding steroid dienone is 2. The van der Waals surface area contributed by atoms with Gasteiger partial charge < -0.3 is 0 Å². The number of benzene rings is 5. The zero-order valence-electron chi connectivity index (χ0n) is 34.6. The van der Waals surface area contributed by atoms with Gasteiger partial charge in [0.1, 0.15) is 0 Å². The fourth-order valence-electron chi connectivity index (χ4n) is 10.1. The van der Waals surface area contributed by atoms with Gasteiger partial charge in [-0.25, -0.2) is 0 Å². The second-order valence-electron chi connectivity index (χ2n) is 17.0. The fourth-order valence-corrected chi connectivity index (χ4v) is 10.1. The molecule has 8 rings (SSSR count). The lowest BCUT2D eigenvalue weighted by molar-refractivity contribution is 0.0514. The summed E-state index contributed by atoms with van der Waals surface area (Å²) in [7, 11) is 0. The third-order valence-electron chi connectivity index (χ3n) is 13.2. The van der Waals surface area contributed by atoms with E-state index in [1.807, 2.05) is 66.8 Å². The molecule has 0 atom stereocenters. The van der Waals surface area contributed by atoms with Crippen LogP contribution in [-0.2, 0) is 0 Å². The molecule has 58 heavy (non-hydrogen) atoms. The molecule has 6 heteroatoms. The van der Waals surface area contributed by atoms with Crippen LogP contribution in [0.2, 0.25) is 0 Å². The average Bonchev–Trinajstić information content (AvgIpc) is 3.76. The predicted molar refractivity (Wildman–Crippen MR) is 237 cm³/mol. The third-order valence-corrected chi connectivity index (χ3v) is 13.2. The van der Waals surface area contributed by atoms with Crippen LogP contribution in [0.1, 0.15) is 177 Å². The van der Waals surface area contributed by atoms with Crippen LogP contribution in [-0.4, -0.2) is 46.0 Å². The van der Waals surface area contributed by atoms with E-state index in [9.17, 15) is 19.2 Å². The number of hydrogen-bond donors (Lipinski definition) is 0. The number of nitrogens with zero attached hydrogens (tertiary/aromatic N) is 2. The minimum atomic E-state index is -0.284. The molecule has 0 bridgehead atoms. The first-order valence-electron chi connectivity index (χ1n) is 22.5. The van der Waals surface area contributed by atoms with Gasteiger partial charge in [0.05, 0.1) is 0 Å². The zero-order valence-corrected chi connectivity index (χ0v) is 34.6. The second kappa shape index (κ2) is 17.8. The number of rotatable bonds is 22. The fraction of sp³-hybridized carbons (Fsp3) is 0.442. The lowest BCUT2D eigenvalue weighted by Crippen LogP contribution is -2.47. The van der Waals surface area contributed by atoms with Crippen molar-refractivity contribution in [3.8, 4) is 0 Å². The molecule has 0 unspecified atom stereocenters. The molecule has 300 valence electrons. The van der Waals surface area contributed by atoms with Crippen molar-refractivity contribution in [1.29, 1.82) is 0 Å². The summed E-state index contributed by atoms with van der Waals surface area (Å²) in [6, 6.07) is 15.4. The lowest BCUT2D eigenvalue weighted by atomic mass is 9.82. The van der Waals surface area contributed by atoms with Gasteiger partial charge in [0.2, 0.25) is 0 Å². The molecule has 2 aliphatic heterocycles. The minimum Gasteiger partial charge on any atom is -0.274 e. The van der Waals surface area contributed by atoms with Gasteiger partial charge in [0.25, 0.3) is 23.6 Å². The standard InChI is InChI=1S/C52H58N2O4/c1-3-5-7-9-11-13-15-17-23-36(24-18-16-14-12-10-8-6-4-2)54-51(57)43-31-27-39-37-25-29-41-47-42(50(56)53(49(41)55)34-33-35-21-19-20-22-35)30-26-38(45(37)47)40-28-32-44(52(54)58)48(43)46(39)40/h19-21,25-32,36H,3-18,23-24,33-34H2,1-2H3. The molecule has 4 amide bonds. The topological polar surface area (TPSA) is 74.8 Å². The van der Waals surface area contributed by atoms with Crippen LogP contribution in [0.25, 0.3) is 43.1 Å². The van der Waals surface area contributed by atoms with E-state index in [-0.39, 0.29) is 36.2 Å². The molecule has 2 heterocycles. The summed E-state index contributed by atoms with van der Waals surface area (Å²) >= 11 is 0. The van der Waals surface area contributed by atoms with E-state index < -0.39 is 0 Å². The first-order chi connectivity index (χ1) is 28.4. The van der Waals surface area contributed by atoms with Crippen molar-refractivity contribution in [2.45, 2.75) is 142 Å². The van der Waals surface area contributed by atoms with E-state index in [1.54, 1.807) is 4.90 Å². The first kappa shape index (κ1) is 39.8. The van der Waals surface area contributed by atoms with Crippen LogP contribution in [0, 0.1) is 0 Å². The van der Waals surface area contributed by atoms with Crippen LogP contribution >= 0.6 is 0 Å². The third kappa shape index (κ3) is 7.41. The highest BCUT2D eigenvalue weighted by molar-refractivity contribution is 6.41. The van der Waals surface area contributed by atoms with Crippen molar-refractivity contribution in [2.24, 2.45) is 0 Å². The smallest absolute Gasteiger partial charge is 0.261 e. The summed E-state index contributed by atoms with van der Waals surface area (Å²) in [6.07, 6.45) is 27.5. The molecule has 3 aliphatic rings. The Hall–Kier alpha value is -5.06. The van der Waals surface area contributed by atoms with Gasteiger partial charge in [0, 0.05) is 45.6 Å². The SMILES string of the molecule is CCCCCCCCCCC(CCCCCCCCCC)N1C(=O)c2ccc3c4ccc5c6c(ccc(c7ccc(c2c37)C1=O)c64)C(=O)N(CCC1=C=CC=C1)C5=O. The number of carbonyl (C=O) groups excluding carboxylic acids is 4. The van der Waals surface area contributed by atoms with Crippen LogP contribution in [0.4, 0.5) is 0 Å². The summed E-state index contributed by atoms with van der Waals surface area (Å²) < 4.78 is 0. The van der Waals surface area contributed by atoms with Crippen LogP contribution in [0.3, 0.4) is 0 Å². The maximum atomic E-state index is 14.7. The molecule has 0 aromatic heterocycles. The molecule has 0 saturated carbocycles. The molecule has 0 saturated heterocycles. The molecule has 6 nitrogen and oxygen atoms in total. The summed E-state index contributed by atoms with van der Waals surface area (Å²) in [5, 5.41) is 6.85. The number of carbonyl (C=O) groups is 4. The quantitative estimate of drug-likeness (QED) is 0.0231. The minimum absolute atomic E-state index is 0.120. The van der Waals surface area contributed by atoms with Crippen LogP contribution in [0.15, 0.2) is 78.1 Å². The summed E-state index contributed by atoms with van der Waals surface area (Å²) in [5.41, 5.74) is 6.36. The molecular weight excluding hydrogens is 717 g/mol. The molecule has 0 radical (unpaired) electrons. The van der Waals surface area contributed by atoms with Crippen molar-refractivity contribution >= 4 is 66.7 Å². The maximum Gasteiger partial charge on any atom is 0.261 e. The van der Waals surface area contributed by atoms with Crippen molar-refractivity contribution in [2.75, 3.05) is 6.54 Å². The second-order valence-corrected chi connectivity index (χ2v) is 17.0. The van der Waals surface area contributed by atoms with E-state index in [4.69, 9.17) is 0 Å². The van der Waals surface area contributed by atoms with Gasteiger partial charge >= 0.3 is 0 Å². The monoisotopic (exact) mass is 774 g/mol. The van der Waals surface area contributed by atoms with Crippen molar-refractivity contribution in [1.82, 2.24) is 9.80 Å². The zero-order chi connectivity index (χ0) is 40.2. The van der Waals surface area contributed by atoms with E-state index in [0.717, 1.165) is 81.8 Å². The van der Waals surface area contributed by atoms with Crippen LogP contribution in [0.5, 0.6) is 0 Å². The normalized spacial score (nSPS) is 15.0. The Morgan fingerprint density at radius 2 is 0.879 bits per heavy atom. The first-order valence-corrected chi connectivity index (χ1v) is 22.5. The Bertz CT molecular complexity index is 2340. The number of fused-ring (bicyclic) bond motifs is 2. The highest BCUT2D eigenvalue weighted by Gasteiger charge is 2.39. The Morgan fingerprint density at radius 3 is 1.28 bits per heavy atom. The number of amides is 4. The maximum absolute atomic E-state index is 14.7. The summed E-state index contributed by atoms with van der Waals surface area (Å²) in [6.45, 7) is 4.79. The Morgan fingerprint density at radius 1 is 0.483 bits per heavy atom. The molecule has 0 N–H and O–H groups in total. The Labute approximate surface area is 343 Å².